The van der Waals surface area contributed by atoms with E-state index in [2.05, 4.69) is 5.32 Å². The van der Waals surface area contributed by atoms with Crippen molar-refractivity contribution in [3.8, 4) is 0 Å². The third-order valence-electron chi connectivity index (χ3n) is 5.41. The molecule has 0 bridgehead atoms. The summed E-state index contributed by atoms with van der Waals surface area (Å²) in [6.45, 7) is 0.946. The van der Waals surface area contributed by atoms with Crippen molar-refractivity contribution in [2.45, 2.75) is 62.6 Å². The predicted octanol–water partition coefficient (Wildman–Crippen LogP) is 0.825. The summed E-state index contributed by atoms with van der Waals surface area (Å²) >= 11 is 0. The normalized spacial score (nSPS) is 36.7. The highest BCUT2D eigenvalue weighted by Crippen LogP contribution is 2.42. The monoisotopic (exact) mass is 278 g/mol. The molecule has 2 unspecified atom stereocenters. The van der Waals surface area contributed by atoms with Gasteiger partial charge in [0.1, 0.15) is 12.1 Å². The quantitative estimate of drug-likeness (QED) is 0.814. The standard InChI is InChI=1S/C15H22N2O3/c18-12-9-17(11-5-8-20-13(11)10-3-4-10)14(19)15(16-12)6-1-2-7-15/h10-11,13H,1-9H2,(H,16,18). The van der Waals surface area contributed by atoms with Crippen molar-refractivity contribution >= 4 is 11.8 Å². The molecule has 5 nitrogen and oxygen atoms in total. The zero-order chi connectivity index (χ0) is 13.7. The topological polar surface area (TPSA) is 58.6 Å². The molecule has 0 aromatic carbocycles. The number of amides is 2. The van der Waals surface area contributed by atoms with E-state index in [9.17, 15) is 9.59 Å². The van der Waals surface area contributed by atoms with E-state index in [-0.39, 0.29) is 30.5 Å². The van der Waals surface area contributed by atoms with Crippen molar-refractivity contribution in [3.05, 3.63) is 0 Å². The molecule has 2 heterocycles. The zero-order valence-corrected chi connectivity index (χ0v) is 11.8. The fraction of sp³-hybridized carbons (Fsp3) is 0.867. The van der Waals surface area contributed by atoms with E-state index in [4.69, 9.17) is 4.74 Å². The van der Waals surface area contributed by atoms with Gasteiger partial charge in [0.25, 0.3) is 0 Å². The van der Waals surface area contributed by atoms with Gasteiger partial charge in [-0.2, -0.15) is 0 Å². The van der Waals surface area contributed by atoms with Gasteiger partial charge < -0.3 is 15.0 Å². The first-order valence-electron chi connectivity index (χ1n) is 7.93. The first-order chi connectivity index (χ1) is 9.70. The Morgan fingerprint density at radius 3 is 2.60 bits per heavy atom. The molecule has 2 saturated carbocycles. The summed E-state index contributed by atoms with van der Waals surface area (Å²) in [6, 6.07) is 0.124. The molecular weight excluding hydrogens is 256 g/mol. The van der Waals surface area contributed by atoms with Gasteiger partial charge in [0, 0.05) is 6.61 Å². The molecule has 2 amide bonds. The van der Waals surface area contributed by atoms with Crippen LogP contribution in [-0.4, -0.2) is 47.6 Å². The highest BCUT2D eigenvalue weighted by atomic mass is 16.5. The maximum atomic E-state index is 12.9. The Hall–Kier alpha value is -1.10. The van der Waals surface area contributed by atoms with Crippen molar-refractivity contribution in [2.24, 2.45) is 5.92 Å². The number of hydrogen-bond acceptors (Lipinski definition) is 3. The van der Waals surface area contributed by atoms with E-state index in [1.165, 1.54) is 12.8 Å². The molecule has 4 aliphatic rings. The van der Waals surface area contributed by atoms with Crippen LogP contribution in [0.25, 0.3) is 0 Å². The molecule has 1 spiro atoms. The number of piperazine rings is 1. The molecule has 4 fully saturated rings. The van der Waals surface area contributed by atoms with Gasteiger partial charge in [-0.05, 0) is 38.0 Å². The van der Waals surface area contributed by atoms with Gasteiger partial charge in [-0.3, -0.25) is 9.59 Å². The number of carbonyl (C=O) groups is 2. The minimum atomic E-state index is -0.591. The van der Waals surface area contributed by atoms with Crippen LogP contribution in [0.15, 0.2) is 0 Å². The van der Waals surface area contributed by atoms with Gasteiger partial charge in [-0.25, -0.2) is 0 Å². The van der Waals surface area contributed by atoms with E-state index >= 15 is 0 Å². The molecule has 110 valence electrons. The molecule has 0 radical (unpaired) electrons. The van der Waals surface area contributed by atoms with Crippen molar-refractivity contribution in [1.82, 2.24) is 10.2 Å². The summed E-state index contributed by atoms with van der Waals surface area (Å²) in [4.78, 5) is 26.9. The van der Waals surface area contributed by atoms with Gasteiger partial charge in [-0.1, -0.05) is 12.8 Å². The Morgan fingerprint density at radius 2 is 1.90 bits per heavy atom. The van der Waals surface area contributed by atoms with Crippen LogP contribution in [0, 0.1) is 5.92 Å². The minimum Gasteiger partial charge on any atom is -0.376 e. The third-order valence-corrected chi connectivity index (χ3v) is 5.41. The van der Waals surface area contributed by atoms with Crippen LogP contribution in [-0.2, 0) is 14.3 Å². The summed E-state index contributed by atoms with van der Waals surface area (Å²) in [5.74, 6) is 0.767. The Morgan fingerprint density at radius 1 is 1.15 bits per heavy atom. The Kier molecular flexibility index (Phi) is 2.81. The van der Waals surface area contributed by atoms with E-state index in [1.807, 2.05) is 4.90 Å². The maximum Gasteiger partial charge on any atom is 0.249 e. The lowest BCUT2D eigenvalue weighted by atomic mass is 9.90. The molecule has 2 aliphatic carbocycles. The largest absolute Gasteiger partial charge is 0.376 e. The maximum absolute atomic E-state index is 12.9. The number of ether oxygens (including phenoxy) is 1. The lowest BCUT2D eigenvalue weighted by Crippen LogP contribution is -2.68. The fourth-order valence-electron chi connectivity index (χ4n) is 4.25. The first-order valence-corrected chi connectivity index (χ1v) is 7.93. The lowest BCUT2D eigenvalue weighted by Gasteiger charge is -2.43. The smallest absolute Gasteiger partial charge is 0.249 e. The molecule has 5 heteroatoms. The average Bonchev–Trinajstić information content (AvgIpc) is 2.98. The number of nitrogens with one attached hydrogen (secondary N) is 1. The lowest BCUT2D eigenvalue weighted by molar-refractivity contribution is -0.153. The van der Waals surface area contributed by atoms with E-state index < -0.39 is 5.54 Å². The molecule has 20 heavy (non-hydrogen) atoms. The van der Waals surface area contributed by atoms with Crippen LogP contribution in [0.3, 0.4) is 0 Å². The summed E-state index contributed by atoms with van der Waals surface area (Å²) in [7, 11) is 0. The second-order valence-corrected chi connectivity index (χ2v) is 6.80. The highest BCUT2D eigenvalue weighted by molar-refractivity contribution is 5.98. The SMILES string of the molecule is O=C1CN(C2CCOC2C2CC2)C(=O)C2(CCCC2)N1. The fourth-order valence-corrected chi connectivity index (χ4v) is 4.25. The van der Waals surface area contributed by atoms with Gasteiger partial charge in [-0.15, -0.1) is 0 Å². The van der Waals surface area contributed by atoms with Crippen LogP contribution >= 0.6 is 0 Å². The highest BCUT2D eigenvalue weighted by Gasteiger charge is 2.53. The van der Waals surface area contributed by atoms with E-state index in [1.54, 1.807) is 0 Å². The third kappa shape index (κ3) is 1.86. The van der Waals surface area contributed by atoms with Crippen LogP contribution in [0.2, 0.25) is 0 Å². The van der Waals surface area contributed by atoms with Crippen LogP contribution in [0.5, 0.6) is 0 Å². The first kappa shape index (κ1) is 12.6. The predicted molar refractivity (Wildman–Crippen MR) is 71.9 cm³/mol. The van der Waals surface area contributed by atoms with Crippen LogP contribution in [0.4, 0.5) is 0 Å². The molecule has 1 N–H and O–H groups in total. The molecular formula is C15H22N2O3. The van der Waals surface area contributed by atoms with Crippen LogP contribution < -0.4 is 5.32 Å². The minimum absolute atomic E-state index is 0.00736. The van der Waals surface area contributed by atoms with Crippen molar-refractivity contribution in [3.63, 3.8) is 0 Å². The Balaban J connectivity index is 1.59. The summed E-state index contributed by atoms with van der Waals surface area (Å²) in [6.07, 6.45) is 7.14. The molecule has 2 saturated heterocycles. The zero-order valence-electron chi connectivity index (χ0n) is 11.8. The number of hydrogen-bond donors (Lipinski definition) is 1. The van der Waals surface area contributed by atoms with Gasteiger partial charge >= 0.3 is 0 Å². The van der Waals surface area contributed by atoms with Gasteiger partial charge in [0.2, 0.25) is 11.8 Å². The molecule has 2 aliphatic heterocycles. The Bertz CT molecular complexity index is 440. The van der Waals surface area contributed by atoms with Crippen LogP contribution in [0.1, 0.15) is 44.9 Å². The number of nitrogens with zero attached hydrogens (tertiary/aromatic N) is 1. The van der Waals surface area contributed by atoms with Crippen molar-refractivity contribution < 1.29 is 14.3 Å². The number of rotatable bonds is 2. The van der Waals surface area contributed by atoms with E-state index in [0.29, 0.717) is 5.92 Å². The number of carbonyl (C=O) groups excluding carboxylic acids is 2. The molecule has 4 rings (SSSR count). The Labute approximate surface area is 119 Å². The van der Waals surface area contributed by atoms with Crippen molar-refractivity contribution in [2.75, 3.05) is 13.2 Å². The van der Waals surface area contributed by atoms with E-state index in [0.717, 1.165) is 38.7 Å². The second-order valence-electron chi connectivity index (χ2n) is 6.80. The molecule has 0 aromatic heterocycles. The van der Waals surface area contributed by atoms with Crippen molar-refractivity contribution in [1.29, 1.82) is 0 Å². The molecule has 0 aromatic rings. The second kappa shape index (κ2) is 4.45. The average molecular weight is 278 g/mol. The van der Waals surface area contributed by atoms with Gasteiger partial charge in [0.15, 0.2) is 0 Å². The summed E-state index contributed by atoms with van der Waals surface area (Å²) in [5, 5.41) is 2.98. The summed E-state index contributed by atoms with van der Waals surface area (Å²) in [5.41, 5.74) is -0.591. The van der Waals surface area contributed by atoms with Gasteiger partial charge in [0.05, 0.1) is 12.1 Å². The summed E-state index contributed by atoms with van der Waals surface area (Å²) < 4.78 is 5.85. The molecule has 2 atom stereocenters.